The molecule has 0 aliphatic heterocycles. The third-order valence-electron chi connectivity index (χ3n) is 8.85. The fraction of sp³-hybridized carbons (Fsp3) is 0.0930. The Labute approximate surface area is 306 Å². The molecule has 0 atom stereocenters. The van der Waals surface area contributed by atoms with Crippen LogP contribution in [0.1, 0.15) is 5.56 Å². The number of aromatic nitrogens is 4. The van der Waals surface area contributed by atoms with E-state index in [-0.39, 0.29) is 20.1 Å². The molecule has 7 heteroatoms. The topological polar surface area (TPSA) is 56.7 Å². The molecular formula is C43H34IrN4OSi-2. The van der Waals surface area contributed by atoms with Gasteiger partial charge in [-0.2, -0.15) is 0 Å². The van der Waals surface area contributed by atoms with Gasteiger partial charge in [-0.1, -0.05) is 97.3 Å². The van der Waals surface area contributed by atoms with E-state index in [1.807, 2.05) is 60.8 Å². The molecule has 50 heavy (non-hydrogen) atoms. The van der Waals surface area contributed by atoms with Gasteiger partial charge >= 0.3 is 0 Å². The third-order valence-corrected chi connectivity index (χ3v) is 10.9. The molecular weight excluding hydrogens is 809 g/mol. The van der Waals surface area contributed by atoms with Crippen molar-refractivity contribution < 1.29 is 24.5 Å². The van der Waals surface area contributed by atoms with E-state index in [1.165, 1.54) is 21.5 Å². The van der Waals surface area contributed by atoms with Crippen molar-refractivity contribution in [2.75, 3.05) is 0 Å². The zero-order chi connectivity index (χ0) is 33.4. The van der Waals surface area contributed by atoms with Crippen LogP contribution in [-0.4, -0.2) is 27.6 Å². The molecule has 4 heterocycles. The summed E-state index contributed by atoms with van der Waals surface area (Å²) in [6.45, 7) is 7.70. The Morgan fingerprint density at radius 1 is 0.720 bits per heavy atom. The van der Waals surface area contributed by atoms with Crippen molar-refractivity contribution in [3.05, 3.63) is 157 Å². The standard InChI is InChI=1S/C29H18N3O.C14H16NSi.Ir/c1-2-8-19(9-3-1)18-32-26-17-21-11-5-4-10-20(21)16-25(26)31-28(32)24-13-6-12-22-23-14-7-15-30-29(23)33-27(22)24;1-16(2,3)13-9-10-14(15-11-13)12-7-5-4-6-8-12;/h1-12,14-17H,18H2;4-7,9-11H,1-3H3;/q2*-1;. The van der Waals surface area contributed by atoms with Crippen molar-refractivity contribution in [1.29, 1.82) is 0 Å². The van der Waals surface area contributed by atoms with E-state index in [9.17, 15) is 0 Å². The summed E-state index contributed by atoms with van der Waals surface area (Å²) in [6, 6.07) is 50.1. The van der Waals surface area contributed by atoms with Crippen molar-refractivity contribution in [1.82, 2.24) is 19.5 Å². The van der Waals surface area contributed by atoms with E-state index in [0.717, 1.165) is 50.0 Å². The molecule has 1 radical (unpaired) electrons. The van der Waals surface area contributed by atoms with Crippen LogP contribution in [0.4, 0.5) is 0 Å². The fourth-order valence-electron chi connectivity index (χ4n) is 6.22. The largest absolute Gasteiger partial charge is 0.486 e. The van der Waals surface area contributed by atoms with E-state index in [0.29, 0.717) is 12.3 Å². The molecule has 247 valence electrons. The maximum absolute atomic E-state index is 6.22. The van der Waals surface area contributed by atoms with Crippen molar-refractivity contribution >= 4 is 57.1 Å². The number of imidazole rings is 1. The number of fused-ring (bicyclic) bond motifs is 5. The Balaban J connectivity index is 0.000000196. The van der Waals surface area contributed by atoms with Gasteiger partial charge in [0.2, 0.25) is 5.71 Å². The molecule has 0 aliphatic rings. The van der Waals surface area contributed by atoms with E-state index in [2.05, 4.69) is 119 Å². The molecule has 0 N–H and O–H groups in total. The number of hydrogen-bond donors (Lipinski definition) is 0. The van der Waals surface area contributed by atoms with Crippen LogP contribution in [0.5, 0.6) is 0 Å². The minimum absolute atomic E-state index is 0. The number of benzene rings is 5. The maximum Gasteiger partial charge on any atom is 0.216 e. The monoisotopic (exact) mass is 843 g/mol. The Hall–Kier alpha value is -5.20. The van der Waals surface area contributed by atoms with Crippen LogP contribution in [0.3, 0.4) is 0 Å². The van der Waals surface area contributed by atoms with Gasteiger partial charge in [0.05, 0.1) is 30.5 Å². The summed E-state index contributed by atoms with van der Waals surface area (Å²) in [6.07, 6.45) is 3.77. The second-order valence-electron chi connectivity index (χ2n) is 13.2. The molecule has 0 saturated heterocycles. The molecule has 4 aromatic heterocycles. The molecule has 0 unspecified atom stereocenters. The van der Waals surface area contributed by atoms with Gasteiger partial charge < -0.3 is 14.0 Å². The molecule has 0 spiro atoms. The van der Waals surface area contributed by atoms with Gasteiger partial charge in [-0.25, -0.2) is 4.98 Å². The maximum atomic E-state index is 6.22. The first-order chi connectivity index (χ1) is 23.9. The number of rotatable bonds is 5. The van der Waals surface area contributed by atoms with Gasteiger partial charge in [0, 0.05) is 44.4 Å². The van der Waals surface area contributed by atoms with Crippen LogP contribution < -0.4 is 5.19 Å². The average molecular weight is 843 g/mol. The van der Waals surface area contributed by atoms with Gasteiger partial charge in [0.1, 0.15) is 0 Å². The van der Waals surface area contributed by atoms with Crippen LogP contribution in [0.2, 0.25) is 19.6 Å². The minimum Gasteiger partial charge on any atom is -0.486 e. The van der Waals surface area contributed by atoms with Gasteiger partial charge in [-0.3, -0.25) is 4.98 Å². The van der Waals surface area contributed by atoms with Gasteiger partial charge in [0.15, 0.2) is 0 Å². The predicted molar refractivity (Wildman–Crippen MR) is 204 cm³/mol. The number of hydrogen-bond acceptors (Lipinski definition) is 4. The second kappa shape index (κ2) is 14.0. The van der Waals surface area contributed by atoms with Crippen LogP contribution >= 0.6 is 0 Å². The molecule has 0 bridgehead atoms. The zero-order valence-corrected chi connectivity index (χ0v) is 31.4. The summed E-state index contributed by atoms with van der Waals surface area (Å²) in [7, 11) is -1.23. The Morgan fingerprint density at radius 3 is 2.24 bits per heavy atom. The first-order valence-corrected chi connectivity index (χ1v) is 20.0. The Kier molecular flexibility index (Phi) is 9.30. The normalized spacial score (nSPS) is 11.4. The third kappa shape index (κ3) is 6.55. The number of pyridine rings is 2. The first-order valence-electron chi connectivity index (χ1n) is 16.5. The van der Waals surface area contributed by atoms with Crippen LogP contribution in [0, 0.1) is 12.1 Å². The molecule has 9 aromatic rings. The summed E-state index contributed by atoms with van der Waals surface area (Å²) in [4.78, 5) is 14.0. The SMILES string of the molecule is C[Si](C)(C)c1ccc(-c2[c-]cccc2)nc1.[Ir].[c-]1ccc2c(oc3ncccc32)c1-c1nc2cc3ccccc3cc2n1Cc1ccccc1. The van der Waals surface area contributed by atoms with Crippen LogP contribution in [-0.2, 0) is 26.7 Å². The van der Waals surface area contributed by atoms with Gasteiger partial charge in [0.25, 0.3) is 0 Å². The van der Waals surface area contributed by atoms with E-state index in [4.69, 9.17) is 9.40 Å². The van der Waals surface area contributed by atoms with Crippen molar-refractivity contribution in [3.8, 4) is 22.6 Å². The quantitative estimate of drug-likeness (QED) is 0.128. The fourth-order valence-corrected chi connectivity index (χ4v) is 7.25. The molecule has 0 saturated carbocycles. The Bertz CT molecular complexity index is 2560. The second-order valence-corrected chi connectivity index (χ2v) is 18.3. The molecule has 9 rings (SSSR count). The number of nitrogens with zero attached hydrogens (tertiary/aromatic N) is 4. The summed E-state index contributed by atoms with van der Waals surface area (Å²) in [5, 5.41) is 5.79. The molecule has 0 amide bonds. The van der Waals surface area contributed by atoms with Gasteiger partial charge in [-0.05, 0) is 51.5 Å². The number of furan rings is 1. The van der Waals surface area contributed by atoms with Crippen molar-refractivity contribution in [2.45, 2.75) is 26.2 Å². The van der Waals surface area contributed by atoms with E-state index >= 15 is 0 Å². The average Bonchev–Trinajstić information content (AvgIpc) is 3.69. The molecule has 0 fully saturated rings. The molecule has 5 nitrogen and oxygen atoms in total. The molecule has 0 aliphatic carbocycles. The van der Waals surface area contributed by atoms with Crippen LogP contribution in [0.15, 0.2) is 144 Å². The zero-order valence-electron chi connectivity index (χ0n) is 28.0. The first kappa shape index (κ1) is 33.3. The summed E-state index contributed by atoms with van der Waals surface area (Å²) in [5.74, 6) is 0.841. The van der Waals surface area contributed by atoms with Crippen molar-refractivity contribution in [3.63, 3.8) is 0 Å². The summed E-state index contributed by atoms with van der Waals surface area (Å²) in [5.41, 5.74) is 7.57. The van der Waals surface area contributed by atoms with Crippen LogP contribution in [0.25, 0.3) is 66.5 Å². The Morgan fingerprint density at radius 2 is 1.50 bits per heavy atom. The predicted octanol–water partition coefficient (Wildman–Crippen LogP) is 10.1. The van der Waals surface area contributed by atoms with Crippen molar-refractivity contribution in [2.24, 2.45) is 0 Å². The van der Waals surface area contributed by atoms with Gasteiger partial charge in [-0.15, -0.1) is 54.1 Å². The summed E-state index contributed by atoms with van der Waals surface area (Å²) >= 11 is 0. The molecule has 5 aromatic carbocycles. The smallest absolute Gasteiger partial charge is 0.216 e. The minimum atomic E-state index is -1.23. The van der Waals surface area contributed by atoms with E-state index < -0.39 is 8.07 Å². The van der Waals surface area contributed by atoms with E-state index in [1.54, 1.807) is 6.20 Å². The summed E-state index contributed by atoms with van der Waals surface area (Å²) < 4.78 is 8.49.